The Morgan fingerprint density at radius 1 is 1.20 bits per heavy atom. The van der Waals surface area contributed by atoms with Gasteiger partial charge in [0.25, 0.3) is 5.91 Å². The summed E-state index contributed by atoms with van der Waals surface area (Å²) in [6.07, 6.45) is 0.107. The normalized spacial score (nSPS) is 17.2. The number of hydrogen-bond donors (Lipinski definition) is 2. The predicted octanol–water partition coefficient (Wildman–Crippen LogP) is 1.89. The lowest BCUT2D eigenvalue weighted by atomic mass is 10.1. The van der Waals surface area contributed by atoms with Gasteiger partial charge in [-0.2, -0.15) is 0 Å². The number of nitrogens with zero attached hydrogens (tertiary/aromatic N) is 1. The highest BCUT2D eigenvalue weighted by atomic mass is 16.2. The molecular formula is C19H19N3O3. The molecule has 1 aliphatic heterocycles. The second-order valence-electron chi connectivity index (χ2n) is 6.05. The van der Waals surface area contributed by atoms with Crippen LogP contribution >= 0.6 is 0 Å². The van der Waals surface area contributed by atoms with Gasteiger partial charge in [-0.1, -0.05) is 12.1 Å². The van der Waals surface area contributed by atoms with E-state index in [0.717, 1.165) is 5.56 Å². The quantitative estimate of drug-likeness (QED) is 0.494. The van der Waals surface area contributed by atoms with Crippen LogP contribution in [0.25, 0.3) is 0 Å². The van der Waals surface area contributed by atoms with Crippen molar-refractivity contribution in [2.75, 3.05) is 10.6 Å². The van der Waals surface area contributed by atoms with Crippen molar-refractivity contribution in [3.63, 3.8) is 0 Å². The lowest BCUT2D eigenvalue weighted by molar-refractivity contribution is -0.121. The van der Waals surface area contributed by atoms with E-state index in [4.69, 9.17) is 5.73 Å². The van der Waals surface area contributed by atoms with E-state index < -0.39 is 6.04 Å². The molecule has 0 spiro atoms. The van der Waals surface area contributed by atoms with Gasteiger partial charge in [0.2, 0.25) is 5.91 Å². The Kier molecular flexibility index (Phi) is 4.63. The van der Waals surface area contributed by atoms with Crippen LogP contribution in [0, 0.1) is 0 Å². The van der Waals surface area contributed by atoms with Gasteiger partial charge >= 0.3 is 0 Å². The molecule has 6 nitrogen and oxygen atoms in total. The Balaban J connectivity index is 1.70. The first-order valence-corrected chi connectivity index (χ1v) is 8.01. The summed E-state index contributed by atoms with van der Waals surface area (Å²) < 4.78 is 0. The lowest BCUT2D eigenvalue weighted by Gasteiger charge is -2.16. The average molecular weight is 337 g/mol. The van der Waals surface area contributed by atoms with Crippen LogP contribution in [-0.2, 0) is 16.1 Å². The van der Waals surface area contributed by atoms with E-state index in [1.807, 2.05) is 18.2 Å². The summed E-state index contributed by atoms with van der Waals surface area (Å²) in [4.78, 5) is 37.3. The number of Topliss-reactive ketones (excluding diaryl/α,β-unsaturated/α-hetero) is 1. The Morgan fingerprint density at radius 3 is 2.56 bits per heavy atom. The Morgan fingerprint density at radius 2 is 1.92 bits per heavy atom. The largest absolute Gasteiger partial charge is 0.399 e. The SMILES string of the molecule is CC(=O)c1ccc(N2C(=O)CC(NCc3cccc(N)c3)C2=O)cc1. The molecule has 128 valence electrons. The molecule has 1 fully saturated rings. The molecule has 2 amide bonds. The monoisotopic (exact) mass is 337 g/mol. The summed E-state index contributed by atoms with van der Waals surface area (Å²) in [5.74, 6) is -0.609. The zero-order chi connectivity index (χ0) is 18.0. The van der Waals surface area contributed by atoms with E-state index in [1.165, 1.54) is 11.8 Å². The van der Waals surface area contributed by atoms with Crippen LogP contribution in [-0.4, -0.2) is 23.6 Å². The summed E-state index contributed by atoms with van der Waals surface area (Å²) in [7, 11) is 0. The van der Waals surface area contributed by atoms with Crippen LogP contribution in [0.2, 0.25) is 0 Å². The van der Waals surface area contributed by atoms with Crippen LogP contribution in [0.5, 0.6) is 0 Å². The highest BCUT2D eigenvalue weighted by Gasteiger charge is 2.39. The van der Waals surface area contributed by atoms with E-state index in [0.29, 0.717) is 23.5 Å². The minimum atomic E-state index is -0.568. The molecule has 1 unspecified atom stereocenters. The third-order valence-electron chi connectivity index (χ3n) is 4.18. The number of benzene rings is 2. The molecule has 25 heavy (non-hydrogen) atoms. The molecular weight excluding hydrogens is 318 g/mol. The van der Waals surface area contributed by atoms with Gasteiger partial charge in [0, 0.05) is 17.8 Å². The molecule has 0 bridgehead atoms. The lowest BCUT2D eigenvalue weighted by Crippen LogP contribution is -2.38. The van der Waals surface area contributed by atoms with Crippen molar-refractivity contribution >= 4 is 29.0 Å². The number of carbonyl (C=O) groups excluding carboxylic acids is 3. The minimum Gasteiger partial charge on any atom is -0.399 e. The first-order valence-electron chi connectivity index (χ1n) is 8.01. The maximum Gasteiger partial charge on any atom is 0.251 e. The smallest absolute Gasteiger partial charge is 0.251 e. The number of imide groups is 1. The number of anilines is 2. The Labute approximate surface area is 145 Å². The molecule has 0 saturated carbocycles. The average Bonchev–Trinajstić information content (AvgIpc) is 2.87. The van der Waals surface area contributed by atoms with Crippen LogP contribution in [0.4, 0.5) is 11.4 Å². The number of nitrogen functional groups attached to an aromatic ring is 1. The van der Waals surface area contributed by atoms with Gasteiger partial charge in [-0.25, -0.2) is 4.90 Å². The molecule has 1 saturated heterocycles. The first-order chi connectivity index (χ1) is 12.0. The number of nitrogens with two attached hydrogens (primary N) is 1. The second-order valence-corrected chi connectivity index (χ2v) is 6.05. The predicted molar refractivity (Wildman–Crippen MR) is 95.0 cm³/mol. The summed E-state index contributed by atoms with van der Waals surface area (Å²) in [6, 6.07) is 13.3. The van der Waals surface area contributed by atoms with Gasteiger partial charge in [-0.05, 0) is 48.9 Å². The van der Waals surface area contributed by atoms with E-state index in [1.54, 1.807) is 30.3 Å². The van der Waals surface area contributed by atoms with Gasteiger partial charge < -0.3 is 11.1 Å². The van der Waals surface area contributed by atoms with Crippen molar-refractivity contribution in [3.8, 4) is 0 Å². The summed E-state index contributed by atoms with van der Waals surface area (Å²) in [6.45, 7) is 1.92. The molecule has 0 aliphatic carbocycles. The first kappa shape index (κ1) is 16.9. The molecule has 2 aromatic rings. The summed E-state index contributed by atoms with van der Waals surface area (Å²) in [5, 5.41) is 3.11. The molecule has 0 aromatic heterocycles. The van der Waals surface area contributed by atoms with Crippen molar-refractivity contribution in [2.45, 2.75) is 25.9 Å². The third kappa shape index (κ3) is 3.59. The van der Waals surface area contributed by atoms with Gasteiger partial charge in [-0.3, -0.25) is 14.4 Å². The molecule has 1 atom stereocenters. The number of hydrogen-bond acceptors (Lipinski definition) is 5. The topological polar surface area (TPSA) is 92.5 Å². The fourth-order valence-corrected chi connectivity index (χ4v) is 2.85. The molecule has 3 N–H and O–H groups in total. The molecule has 2 aromatic carbocycles. The van der Waals surface area contributed by atoms with E-state index >= 15 is 0 Å². The fraction of sp³-hybridized carbons (Fsp3) is 0.211. The minimum absolute atomic E-state index is 0.0627. The molecule has 1 heterocycles. The van der Waals surface area contributed by atoms with Gasteiger partial charge in [-0.15, -0.1) is 0 Å². The van der Waals surface area contributed by atoms with Crippen molar-refractivity contribution in [1.82, 2.24) is 5.32 Å². The Hall–Kier alpha value is -2.99. The van der Waals surface area contributed by atoms with Crippen molar-refractivity contribution in [1.29, 1.82) is 0 Å². The van der Waals surface area contributed by atoms with E-state index in [9.17, 15) is 14.4 Å². The van der Waals surface area contributed by atoms with Gasteiger partial charge in [0.1, 0.15) is 0 Å². The molecule has 0 radical (unpaired) electrons. The number of amides is 2. The maximum absolute atomic E-state index is 12.6. The molecule has 1 aliphatic rings. The number of nitrogens with one attached hydrogen (secondary N) is 1. The highest BCUT2D eigenvalue weighted by Crippen LogP contribution is 2.23. The maximum atomic E-state index is 12.6. The van der Waals surface area contributed by atoms with E-state index in [-0.39, 0.29) is 24.0 Å². The molecule has 6 heteroatoms. The highest BCUT2D eigenvalue weighted by molar-refractivity contribution is 6.22. The fourth-order valence-electron chi connectivity index (χ4n) is 2.85. The number of rotatable bonds is 5. The zero-order valence-corrected chi connectivity index (χ0v) is 13.9. The zero-order valence-electron chi connectivity index (χ0n) is 13.9. The van der Waals surface area contributed by atoms with Crippen molar-refractivity contribution < 1.29 is 14.4 Å². The van der Waals surface area contributed by atoms with Gasteiger partial charge in [0.05, 0.1) is 18.2 Å². The van der Waals surface area contributed by atoms with Crippen molar-refractivity contribution in [2.24, 2.45) is 0 Å². The number of ketones is 1. The number of carbonyl (C=O) groups is 3. The third-order valence-corrected chi connectivity index (χ3v) is 4.18. The molecule has 3 rings (SSSR count). The van der Waals surface area contributed by atoms with Gasteiger partial charge in [0.15, 0.2) is 5.78 Å². The Bertz CT molecular complexity index is 830. The van der Waals surface area contributed by atoms with Crippen LogP contribution in [0.1, 0.15) is 29.3 Å². The summed E-state index contributed by atoms with van der Waals surface area (Å²) in [5.41, 5.74) is 8.36. The van der Waals surface area contributed by atoms with E-state index in [2.05, 4.69) is 5.32 Å². The summed E-state index contributed by atoms with van der Waals surface area (Å²) >= 11 is 0. The van der Waals surface area contributed by atoms with Crippen LogP contribution in [0.3, 0.4) is 0 Å². The van der Waals surface area contributed by atoms with Crippen molar-refractivity contribution in [3.05, 3.63) is 59.7 Å². The van der Waals surface area contributed by atoms with Crippen LogP contribution in [0.15, 0.2) is 48.5 Å². The van der Waals surface area contributed by atoms with Crippen LogP contribution < -0.4 is 16.0 Å². The standard InChI is InChI=1S/C19H19N3O3/c1-12(23)14-5-7-16(8-6-14)22-18(24)10-17(19(22)25)21-11-13-3-2-4-15(20)9-13/h2-9,17,21H,10-11,20H2,1H3. The second kappa shape index (κ2) is 6.86.